The molecule has 142 valence electrons. The number of carbonyl (C=O) groups is 2. The fourth-order valence-corrected chi connectivity index (χ4v) is 3.09. The second-order valence-corrected chi connectivity index (χ2v) is 6.46. The highest BCUT2D eigenvalue weighted by molar-refractivity contribution is 5.93. The molecule has 2 heterocycles. The van der Waals surface area contributed by atoms with Crippen molar-refractivity contribution in [3.05, 3.63) is 54.4 Å². The Balaban J connectivity index is 1.66. The predicted molar refractivity (Wildman–Crippen MR) is 101 cm³/mol. The number of ether oxygens (including phenoxy) is 1. The fraction of sp³-hybridized carbons (Fsp3) is 0.350. The molecule has 7 nitrogen and oxygen atoms in total. The van der Waals surface area contributed by atoms with Gasteiger partial charge in [0.2, 0.25) is 5.91 Å². The number of carbonyl (C=O) groups excluding carboxylic acids is 2. The molecule has 3 N–H and O–H groups in total. The minimum absolute atomic E-state index is 0.0490. The summed E-state index contributed by atoms with van der Waals surface area (Å²) in [5, 5.41) is 2.80. The van der Waals surface area contributed by atoms with Gasteiger partial charge in [-0.3, -0.25) is 14.6 Å². The summed E-state index contributed by atoms with van der Waals surface area (Å²) < 4.78 is 5.77. The van der Waals surface area contributed by atoms with Crippen molar-refractivity contribution in [1.29, 1.82) is 0 Å². The molecule has 1 saturated heterocycles. The van der Waals surface area contributed by atoms with Crippen LogP contribution in [0, 0.1) is 5.92 Å². The Hall–Kier alpha value is -2.93. The van der Waals surface area contributed by atoms with Crippen LogP contribution in [0.2, 0.25) is 0 Å². The molecule has 2 aromatic rings. The van der Waals surface area contributed by atoms with E-state index in [1.165, 1.54) is 0 Å². The van der Waals surface area contributed by atoms with Crippen LogP contribution < -0.4 is 15.8 Å². The molecular weight excluding hydrogens is 344 g/mol. The summed E-state index contributed by atoms with van der Waals surface area (Å²) in [5.74, 6) is 0.792. The van der Waals surface area contributed by atoms with Crippen LogP contribution in [0.15, 0.2) is 48.7 Å². The second kappa shape index (κ2) is 9.14. The molecule has 0 bridgehead atoms. The lowest BCUT2D eigenvalue weighted by atomic mass is 9.97. The number of nitrogens with zero attached hydrogens (tertiary/aromatic N) is 2. The first-order chi connectivity index (χ1) is 13.2. The van der Waals surface area contributed by atoms with Crippen LogP contribution in [-0.4, -0.2) is 47.9 Å². The van der Waals surface area contributed by atoms with E-state index in [1.54, 1.807) is 23.2 Å². The molecule has 27 heavy (non-hydrogen) atoms. The first kappa shape index (κ1) is 18.8. The number of benzene rings is 1. The number of aromatic nitrogens is 1. The van der Waals surface area contributed by atoms with E-state index in [-0.39, 0.29) is 17.7 Å². The molecule has 1 aliphatic rings. The minimum Gasteiger partial charge on any atom is -0.457 e. The van der Waals surface area contributed by atoms with Crippen molar-refractivity contribution in [2.24, 2.45) is 11.7 Å². The number of hydrogen-bond donors (Lipinski definition) is 2. The predicted octanol–water partition coefficient (Wildman–Crippen LogP) is 1.80. The average molecular weight is 368 g/mol. The van der Waals surface area contributed by atoms with Crippen LogP contribution in [0.1, 0.15) is 23.3 Å². The SMILES string of the molecule is NCCNC(=O)C1CCCN(C(=O)c2cc(Oc3ccccc3)ccn2)C1. The number of para-hydroxylation sites is 1. The van der Waals surface area contributed by atoms with Crippen molar-refractivity contribution in [3.8, 4) is 11.5 Å². The normalized spacial score (nSPS) is 16.6. The third kappa shape index (κ3) is 5.04. The van der Waals surface area contributed by atoms with Crippen molar-refractivity contribution >= 4 is 11.8 Å². The van der Waals surface area contributed by atoms with Gasteiger partial charge in [0.15, 0.2) is 0 Å². The first-order valence-electron chi connectivity index (χ1n) is 9.13. The quantitative estimate of drug-likeness (QED) is 0.810. The maximum absolute atomic E-state index is 12.8. The van der Waals surface area contributed by atoms with E-state index in [9.17, 15) is 9.59 Å². The summed E-state index contributed by atoms with van der Waals surface area (Å²) in [5.41, 5.74) is 5.74. The van der Waals surface area contributed by atoms with E-state index in [1.807, 2.05) is 30.3 Å². The van der Waals surface area contributed by atoms with Gasteiger partial charge in [-0.1, -0.05) is 18.2 Å². The zero-order valence-corrected chi connectivity index (χ0v) is 15.1. The molecule has 1 aliphatic heterocycles. The van der Waals surface area contributed by atoms with Crippen LogP contribution in [0.3, 0.4) is 0 Å². The Morgan fingerprint density at radius 3 is 2.81 bits per heavy atom. The van der Waals surface area contributed by atoms with Crippen LogP contribution >= 0.6 is 0 Å². The Morgan fingerprint density at radius 1 is 1.22 bits per heavy atom. The van der Waals surface area contributed by atoms with Crippen molar-refractivity contribution < 1.29 is 14.3 Å². The van der Waals surface area contributed by atoms with Gasteiger partial charge in [0.25, 0.3) is 5.91 Å². The molecule has 0 saturated carbocycles. The zero-order valence-electron chi connectivity index (χ0n) is 15.1. The van der Waals surface area contributed by atoms with Crippen molar-refractivity contribution in [2.45, 2.75) is 12.8 Å². The van der Waals surface area contributed by atoms with Gasteiger partial charge in [-0.15, -0.1) is 0 Å². The van der Waals surface area contributed by atoms with E-state index in [0.717, 1.165) is 12.8 Å². The molecule has 1 aromatic carbocycles. The standard InChI is InChI=1S/C20H24N4O3/c21-9-11-23-19(25)15-5-4-12-24(14-15)20(26)18-13-17(8-10-22-18)27-16-6-2-1-3-7-16/h1-3,6-8,10,13,15H,4-5,9,11-12,14,21H2,(H,23,25). The lowest BCUT2D eigenvalue weighted by molar-refractivity contribution is -0.126. The number of nitrogens with one attached hydrogen (secondary N) is 1. The number of nitrogens with two attached hydrogens (primary N) is 1. The first-order valence-corrected chi connectivity index (χ1v) is 9.13. The Kier molecular flexibility index (Phi) is 6.38. The van der Waals surface area contributed by atoms with Gasteiger partial charge in [-0.25, -0.2) is 0 Å². The molecule has 1 atom stereocenters. The summed E-state index contributed by atoms with van der Waals surface area (Å²) in [6, 6.07) is 12.7. The van der Waals surface area contributed by atoms with E-state index in [0.29, 0.717) is 43.4 Å². The van der Waals surface area contributed by atoms with E-state index in [4.69, 9.17) is 10.5 Å². The molecule has 0 aliphatic carbocycles. The smallest absolute Gasteiger partial charge is 0.272 e. The third-order valence-corrected chi connectivity index (χ3v) is 4.45. The fourth-order valence-electron chi connectivity index (χ4n) is 3.09. The highest BCUT2D eigenvalue weighted by Gasteiger charge is 2.29. The van der Waals surface area contributed by atoms with Gasteiger partial charge >= 0.3 is 0 Å². The molecule has 2 amide bonds. The number of likely N-dealkylation sites (tertiary alicyclic amines) is 1. The molecule has 1 fully saturated rings. The molecular formula is C20H24N4O3. The molecule has 0 radical (unpaired) electrons. The number of rotatable bonds is 6. The average Bonchev–Trinajstić information content (AvgIpc) is 2.72. The van der Waals surface area contributed by atoms with E-state index >= 15 is 0 Å². The topological polar surface area (TPSA) is 97.6 Å². The van der Waals surface area contributed by atoms with Crippen LogP contribution in [0.5, 0.6) is 11.5 Å². The molecule has 1 aromatic heterocycles. The summed E-state index contributed by atoms with van der Waals surface area (Å²) in [6.07, 6.45) is 3.11. The van der Waals surface area contributed by atoms with Crippen molar-refractivity contribution in [2.75, 3.05) is 26.2 Å². The van der Waals surface area contributed by atoms with Crippen LogP contribution in [-0.2, 0) is 4.79 Å². The third-order valence-electron chi connectivity index (χ3n) is 4.45. The van der Waals surface area contributed by atoms with Crippen molar-refractivity contribution in [3.63, 3.8) is 0 Å². The maximum Gasteiger partial charge on any atom is 0.272 e. The Labute approximate surface area is 158 Å². The largest absolute Gasteiger partial charge is 0.457 e. The molecule has 7 heteroatoms. The summed E-state index contributed by atoms with van der Waals surface area (Å²) >= 11 is 0. The highest BCUT2D eigenvalue weighted by atomic mass is 16.5. The van der Waals surface area contributed by atoms with Gasteiger partial charge < -0.3 is 20.7 Å². The highest BCUT2D eigenvalue weighted by Crippen LogP contribution is 2.23. The second-order valence-electron chi connectivity index (χ2n) is 6.46. The summed E-state index contributed by atoms with van der Waals surface area (Å²) in [7, 11) is 0. The number of pyridine rings is 1. The van der Waals surface area contributed by atoms with Crippen LogP contribution in [0.25, 0.3) is 0 Å². The Bertz CT molecular complexity index is 782. The number of piperidine rings is 1. The lowest BCUT2D eigenvalue weighted by Gasteiger charge is -2.31. The van der Waals surface area contributed by atoms with E-state index in [2.05, 4.69) is 10.3 Å². The summed E-state index contributed by atoms with van der Waals surface area (Å²) in [4.78, 5) is 30.9. The monoisotopic (exact) mass is 368 g/mol. The van der Waals surface area contributed by atoms with Crippen molar-refractivity contribution in [1.82, 2.24) is 15.2 Å². The van der Waals surface area contributed by atoms with Crippen LogP contribution in [0.4, 0.5) is 0 Å². The Morgan fingerprint density at radius 2 is 2.04 bits per heavy atom. The van der Waals surface area contributed by atoms with Gasteiger partial charge in [0.1, 0.15) is 17.2 Å². The van der Waals surface area contributed by atoms with Gasteiger partial charge in [0, 0.05) is 38.4 Å². The molecule has 3 rings (SSSR count). The molecule has 1 unspecified atom stereocenters. The minimum atomic E-state index is -0.210. The summed E-state index contributed by atoms with van der Waals surface area (Å²) in [6.45, 7) is 1.86. The number of amides is 2. The molecule has 0 spiro atoms. The number of hydrogen-bond acceptors (Lipinski definition) is 5. The van der Waals surface area contributed by atoms with Gasteiger partial charge in [-0.05, 0) is 31.0 Å². The lowest BCUT2D eigenvalue weighted by Crippen LogP contribution is -2.46. The zero-order chi connectivity index (χ0) is 19.1. The van der Waals surface area contributed by atoms with E-state index < -0.39 is 0 Å². The van der Waals surface area contributed by atoms with Gasteiger partial charge in [-0.2, -0.15) is 0 Å². The maximum atomic E-state index is 12.8. The van der Waals surface area contributed by atoms with Gasteiger partial charge in [0.05, 0.1) is 5.92 Å².